The number of halogens is 6. The van der Waals surface area contributed by atoms with Crippen molar-refractivity contribution in [1.29, 1.82) is 0 Å². The number of ether oxygens (including phenoxy) is 1. The zero-order valence-electron chi connectivity index (χ0n) is 15.8. The van der Waals surface area contributed by atoms with Crippen molar-refractivity contribution in [3.8, 4) is 5.75 Å². The maximum atomic E-state index is 14.4. The molecular weight excluding hydrogens is 394 g/mol. The molecule has 0 bridgehead atoms. The van der Waals surface area contributed by atoms with Crippen LogP contribution in [0.3, 0.4) is 0 Å². The van der Waals surface area contributed by atoms with Crippen molar-refractivity contribution in [2.75, 3.05) is 0 Å². The number of hydrogen-bond donors (Lipinski definition) is 0. The smallest absolute Gasteiger partial charge is 0.429 e. The molecule has 1 nitrogen and oxygen atoms in total. The van der Waals surface area contributed by atoms with E-state index >= 15 is 0 Å². The fourth-order valence-corrected chi connectivity index (χ4v) is 3.64. The molecule has 29 heavy (non-hydrogen) atoms. The molecule has 0 heterocycles. The van der Waals surface area contributed by atoms with E-state index in [0.29, 0.717) is 36.1 Å². The van der Waals surface area contributed by atoms with Crippen LogP contribution < -0.4 is 4.74 Å². The van der Waals surface area contributed by atoms with Crippen molar-refractivity contribution in [3.05, 3.63) is 70.8 Å². The fourth-order valence-electron chi connectivity index (χ4n) is 3.64. The predicted octanol–water partition coefficient (Wildman–Crippen LogP) is 7.35. The molecule has 0 fully saturated rings. The molecule has 1 aliphatic rings. The van der Waals surface area contributed by atoms with Gasteiger partial charge in [-0.3, -0.25) is 0 Å². The molecule has 0 saturated carbocycles. The summed E-state index contributed by atoms with van der Waals surface area (Å²) >= 11 is 0. The lowest BCUT2D eigenvalue weighted by Gasteiger charge is -2.23. The molecule has 0 aromatic heterocycles. The van der Waals surface area contributed by atoms with Crippen LogP contribution in [0.2, 0.25) is 0 Å². The van der Waals surface area contributed by atoms with Gasteiger partial charge < -0.3 is 4.74 Å². The van der Waals surface area contributed by atoms with E-state index in [1.807, 2.05) is 6.08 Å². The molecule has 7 heteroatoms. The average Bonchev–Trinajstić information content (AvgIpc) is 2.60. The maximum absolute atomic E-state index is 14.4. The first-order valence-electron chi connectivity index (χ1n) is 9.41. The zero-order chi connectivity index (χ0) is 21.2. The Labute approximate surface area is 165 Å². The highest BCUT2D eigenvalue weighted by Crippen LogP contribution is 2.38. The molecule has 0 N–H and O–H groups in total. The second-order valence-corrected chi connectivity index (χ2v) is 7.20. The van der Waals surface area contributed by atoms with Crippen molar-refractivity contribution >= 4 is 5.57 Å². The van der Waals surface area contributed by atoms with Crippen LogP contribution in [0.4, 0.5) is 26.3 Å². The number of hydrogen-bond acceptors (Lipinski definition) is 1. The van der Waals surface area contributed by atoms with Crippen LogP contribution in [-0.4, -0.2) is 0 Å². The van der Waals surface area contributed by atoms with Crippen molar-refractivity contribution < 1.29 is 31.1 Å². The van der Waals surface area contributed by atoms with Crippen LogP contribution in [0.5, 0.6) is 5.75 Å². The Balaban J connectivity index is 1.87. The lowest BCUT2D eigenvalue weighted by atomic mass is 9.84. The van der Waals surface area contributed by atoms with Crippen molar-refractivity contribution in [2.45, 2.75) is 45.1 Å². The quantitative estimate of drug-likeness (QED) is 0.449. The van der Waals surface area contributed by atoms with E-state index in [4.69, 9.17) is 0 Å². The van der Waals surface area contributed by atoms with Crippen LogP contribution in [0.25, 0.3) is 5.57 Å². The fraction of sp³-hybridized carbons (Fsp3) is 0.364. The van der Waals surface area contributed by atoms with E-state index in [0.717, 1.165) is 37.8 Å². The third-order valence-corrected chi connectivity index (χ3v) is 5.00. The van der Waals surface area contributed by atoms with Crippen LogP contribution in [0, 0.1) is 29.2 Å². The van der Waals surface area contributed by atoms with Crippen LogP contribution in [0.1, 0.15) is 50.2 Å². The lowest BCUT2D eigenvalue weighted by Crippen LogP contribution is -2.25. The van der Waals surface area contributed by atoms with E-state index in [2.05, 4.69) is 11.7 Å². The summed E-state index contributed by atoms with van der Waals surface area (Å²) in [5.74, 6) is -5.65. The first-order chi connectivity index (χ1) is 13.7. The summed E-state index contributed by atoms with van der Waals surface area (Å²) < 4.78 is 88.2. The van der Waals surface area contributed by atoms with Gasteiger partial charge in [-0.2, -0.15) is 8.78 Å². The van der Waals surface area contributed by atoms with E-state index in [-0.39, 0.29) is 5.56 Å². The van der Waals surface area contributed by atoms with Gasteiger partial charge in [0.25, 0.3) is 0 Å². The van der Waals surface area contributed by atoms with Crippen molar-refractivity contribution in [2.24, 2.45) is 5.92 Å². The molecule has 156 valence electrons. The van der Waals surface area contributed by atoms with Gasteiger partial charge in [0.2, 0.25) is 0 Å². The van der Waals surface area contributed by atoms with E-state index in [9.17, 15) is 26.3 Å². The lowest BCUT2D eigenvalue weighted by molar-refractivity contribution is -0.189. The van der Waals surface area contributed by atoms with Gasteiger partial charge in [-0.05, 0) is 48.4 Å². The monoisotopic (exact) mass is 414 g/mol. The molecule has 1 atom stereocenters. The molecular formula is C22H20F6O. The minimum Gasteiger partial charge on any atom is -0.429 e. The van der Waals surface area contributed by atoms with Gasteiger partial charge in [0.05, 0.1) is 0 Å². The zero-order valence-corrected chi connectivity index (χ0v) is 15.8. The standard InChI is InChI=1S/C22H20F6O/c1-2-3-13-4-6-14(7-5-13)15-8-19(25)21(20(26)9-15)22(27,28)29-18-11-16(23)10-17(24)12-18/h6,8-13H,2-5,7H2,1H3. The van der Waals surface area contributed by atoms with Gasteiger partial charge >= 0.3 is 6.11 Å². The molecule has 2 aromatic carbocycles. The molecule has 2 aromatic rings. The first kappa shape index (κ1) is 21.3. The Kier molecular flexibility index (Phi) is 6.24. The second-order valence-electron chi connectivity index (χ2n) is 7.20. The second kappa shape index (κ2) is 8.51. The summed E-state index contributed by atoms with van der Waals surface area (Å²) in [5.41, 5.74) is -0.698. The normalized spacial score (nSPS) is 17.2. The topological polar surface area (TPSA) is 9.23 Å². The first-order valence-corrected chi connectivity index (χ1v) is 9.41. The summed E-state index contributed by atoms with van der Waals surface area (Å²) in [6.45, 7) is 2.09. The highest BCUT2D eigenvalue weighted by atomic mass is 19.3. The van der Waals surface area contributed by atoms with Crippen LogP contribution in [-0.2, 0) is 6.11 Å². The summed E-state index contributed by atoms with van der Waals surface area (Å²) in [6, 6.07) is 3.15. The Hall–Kier alpha value is -2.44. The van der Waals surface area contributed by atoms with Crippen molar-refractivity contribution in [1.82, 2.24) is 0 Å². The van der Waals surface area contributed by atoms with Crippen LogP contribution >= 0.6 is 0 Å². The van der Waals surface area contributed by atoms with E-state index in [1.165, 1.54) is 0 Å². The highest BCUT2D eigenvalue weighted by molar-refractivity contribution is 5.66. The number of rotatable bonds is 6. The van der Waals surface area contributed by atoms with Gasteiger partial charge in [0.1, 0.15) is 34.6 Å². The third-order valence-electron chi connectivity index (χ3n) is 5.00. The molecule has 3 rings (SSSR count). The molecule has 0 amide bonds. The maximum Gasteiger partial charge on any atom is 0.432 e. The van der Waals surface area contributed by atoms with Gasteiger partial charge in [-0.15, -0.1) is 0 Å². The number of alkyl halides is 2. The van der Waals surface area contributed by atoms with Gasteiger partial charge in [0, 0.05) is 18.2 Å². The summed E-state index contributed by atoms with van der Waals surface area (Å²) in [7, 11) is 0. The Morgan fingerprint density at radius 1 is 0.966 bits per heavy atom. The molecule has 1 unspecified atom stereocenters. The van der Waals surface area contributed by atoms with Crippen molar-refractivity contribution in [3.63, 3.8) is 0 Å². The molecule has 0 radical (unpaired) electrons. The summed E-state index contributed by atoms with van der Waals surface area (Å²) in [4.78, 5) is 0. The third kappa shape index (κ3) is 4.95. The number of allylic oxidation sites excluding steroid dienone is 2. The average molecular weight is 414 g/mol. The number of benzene rings is 2. The molecule has 0 aliphatic heterocycles. The molecule has 0 spiro atoms. The minimum absolute atomic E-state index is 0.200. The molecule has 1 aliphatic carbocycles. The predicted molar refractivity (Wildman–Crippen MR) is 97.5 cm³/mol. The van der Waals surface area contributed by atoms with E-state index in [1.54, 1.807) is 0 Å². The SMILES string of the molecule is CCCC1CC=C(c2cc(F)c(C(F)(F)Oc3cc(F)cc(F)c3)c(F)c2)CC1. The van der Waals surface area contributed by atoms with Gasteiger partial charge in [-0.25, -0.2) is 17.6 Å². The highest BCUT2D eigenvalue weighted by Gasteiger charge is 2.41. The largest absolute Gasteiger partial charge is 0.432 e. The minimum atomic E-state index is -4.46. The van der Waals surface area contributed by atoms with Gasteiger partial charge in [-0.1, -0.05) is 25.8 Å². The molecule has 0 saturated heterocycles. The Morgan fingerprint density at radius 2 is 1.59 bits per heavy atom. The Bertz CT molecular complexity index is 878. The van der Waals surface area contributed by atoms with Gasteiger partial charge in [0.15, 0.2) is 0 Å². The summed E-state index contributed by atoms with van der Waals surface area (Å²) in [6.07, 6.45) is 1.81. The Morgan fingerprint density at radius 3 is 2.10 bits per heavy atom. The summed E-state index contributed by atoms with van der Waals surface area (Å²) in [5, 5.41) is 0. The van der Waals surface area contributed by atoms with Crippen LogP contribution in [0.15, 0.2) is 36.4 Å². The van der Waals surface area contributed by atoms with E-state index < -0.39 is 40.7 Å².